The molecular weight excluding hydrogens is 250 g/mol. The van der Waals surface area contributed by atoms with Crippen molar-refractivity contribution >= 4 is 17.9 Å². The second-order valence-electron chi connectivity index (χ2n) is 4.37. The zero-order valence-electron chi connectivity index (χ0n) is 11.9. The number of carboxylic acids is 1. The van der Waals surface area contributed by atoms with Gasteiger partial charge in [0.1, 0.15) is 5.54 Å². The van der Waals surface area contributed by atoms with Gasteiger partial charge < -0.3 is 20.6 Å². The van der Waals surface area contributed by atoms with Gasteiger partial charge >= 0.3 is 12.0 Å². The molecule has 7 nitrogen and oxygen atoms in total. The number of nitrogens with zero attached hydrogens (tertiary/aromatic N) is 1. The van der Waals surface area contributed by atoms with E-state index in [9.17, 15) is 19.5 Å². The average Bonchev–Trinajstić information content (AvgIpc) is 2.40. The second kappa shape index (κ2) is 7.60. The van der Waals surface area contributed by atoms with Crippen molar-refractivity contribution in [2.75, 3.05) is 20.6 Å². The summed E-state index contributed by atoms with van der Waals surface area (Å²) in [5, 5.41) is 14.2. The van der Waals surface area contributed by atoms with E-state index in [0.29, 0.717) is 12.8 Å². The van der Waals surface area contributed by atoms with Gasteiger partial charge in [0, 0.05) is 27.1 Å². The van der Waals surface area contributed by atoms with Crippen molar-refractivity contribution < 1.29 is 19.5 Å². The first kappa shape index (κ1) is 17.2. The molecular formula is C12H23N3O4. The van der Waals surface area contributed by atoms with Crippen molar-refractivity contribution in [2.45, 2.75) is 38.6 Å². The molecule has 0 aliphatic rings. The zero-order chi connectivity index (χ0) is 15.1. The van der Waals surface area contributed by atoms with Crippen molar-refractivity contribution in [3.63, 3.8) is 0 Å². The molecule has 0 aromatic heterocycles. The monoisotopic (exact) mass is 273 g/mol. The van der Waals surface area contributed by atoms with E-state index in [2.05, 4.69) is 10.6 Å². The molecule has 0 unspecified atom stereocenters. The molecule has 19 heavy (non-hydrogen) atoms. The molecule has 0 heterocycles. The van der Waals surface area contributed by atoms with E-state index >= 15 is 0 Å². The van der Waals surface area contributed by atoms with Crippen LogP contribution in [0.2, 0.25) is 0 Å². The van der Waals surface area contributed by atoms with Gasteiger partial charge in [-0.25, -0.2) is 9.59 Å². The number of hydrogen-bond acceptors (Lipinski definition) is 3. The van der Waals surface area contributed by atoms with Gasteiger partial charge in [0.05, 0.1) is 0 Å². The summed E-state index contributed by atoms with van der Waals surface area (Å²) in [7, 11) is 3.04. The molecule has 0 bridgehead atoms. The lowest BCUT2D eigenvalue weighted by Gasteiger charge is -2.30. The van der Waals surface area contributed by atoms with E-state index in [0.717, 1.165) is 0 Å². The Kier molecular flexibility index (Phi) is 6.89. The van der Waals surface area contributed by atoms with E-state index in [4.69, 9.17) is 0 Å². The van der Waals surface area contributed by atoms with Crippen molar-refractivity contribution in [1.82, 2.24) is 15.5 Å². The van der Waals surface area contributed by atoms with Crippen LogP contribution in [0.3, 0.4) is 0 Å². The van der Waals surface area contributed by atoms with Crippen LogP contribution in [0.1, 0.15) is 33.1 Å². The Morgan fingerprint density at radius 2 is 1.74 bits per heavy atom. The summed E-state index contributed by atoms with van der Waals surface area (Å²) in [6.45, 7) is 3.65. The van der Waals surface area contributed by atoms with Gasteiger partial charge in [-0.15, -0.1) is 0 Å². The summed E-state index contributed by atoms with van der Waals surface area (Å²) in [4.78, 5) is 35.5. The molecule has 0 rings (SSSR count). The zero-order valence-corrected chi connectivity index (χ0v) is 11.9. The Bertz CT molecular complexity index is 340. The third kappa shape index (κ3) is 4.76. The summed E-state index contributed by atoms with van der Waals surface area (Å²) in [5.41, 5.74) is -1.25. The molecule has 0 aliphatic carbocycles. The van der Waals surface area contributed by atoms with Gasteiger partial charge in [-0.3, -0.25) is 4.79 Å². The fraction of sp³-hybridized carbons (Fsp3) is 0.750. The molecule has 0 atom stereocenters. The molecule has 3 amide bonds. The fourth-order valence-corrected chi connectivity index (χ4v) is 1.58. The number of carbonyl (C=O) groups excluding carboxylic acids is 2. The lowest BCUT2D eigenvalue weighted by atomic mass is 9.93. The SMILES string of the molecule is CCC(CC)(NC(=O)N(C)CCC(=O)NC)C(=O)O. The fourth-order valence-electron chi connectivity index (χ4n) is 1.58. The Balaban J connectivity index is 4.56. The first-order valence-corrected chi connectivity index (χ1v) is 6.30. The molecule has 0 fully saturated rings. The van der Waals surface area contributed by atoms with E-state index in [1.807, 2.05) is 0 Å². The van der Waals surface area contributed by atoms with Crippen molar-refractivity contribution in [3.8, 4) is 0 Å². The Labute approximate surface area is 113 Å². The summed E-state index contributed by atoms with van der Waals surface area (Å²) in [6, 6.07) is -0.491. The number of carbonyl (C=O) groups is 3. The third-order valence-electron chi connectivity index (χ3n) is 3.26. The smallest absolute Gasteiger partial charge is 0.329 e. The highest BCUT2D eigenvalue weighted by Gasteiger charge is 2.37. The van der Waals surface area contributed by atoms with Crippen LogP contribution in [0.5, 0.6) is 0 Å². The average molecular weight is 273 g/mol. The van der Waals surface area contributed by atoms with Crippen molar-refractivity contribution in [2.24, 2.45) is 0 Å². The lowest BCUT2D eigenvalue weighted by molar-refractivity contribution is -0.144. The molecule has 0 aromatic rings. The van der Waals surface area contributed by atoms with Gasteiger partial charge in [-0.2, -0.15) is 0 Å². The van der Waals surface area contributed by atoms with Crippen LogP contribution in [0.4, 0.5) is 4.79 Å². The highest BCUT2D eigenvalue weighted by Crippen LogP contribution is 2.15. The Morgan fingerprint density at radius 3 is 2.11 bits per heavy atom. The normalized spacial score (nSPS) is 10.7. The molecule has 0 spiro atoms. The van der Waals surface area contributed by atoms with Crippen LogP contribution < -0.4 is 10.6 Å². The molecule has 0 aromatic carbocycles. The predicted octanol–water partition coefficient (Wildman–Crippen LogP) is 0.407. The predicted molar refractivity (Wildman–Crippen MR) is 70.8 cm³/mol. The highest BCUT2D eigenvalue weighted by atomic mass is 16.4. The molecule has 0 radical (unpaired) electrons. The number of aliphatic carboxylic acids is 1. The summed E-state index contributed by atoms with van der Waals surface area (Å²) < 4.78 is 0. The topological polar surface area (TPSA) is 98.7 Å². The minimum absolute atomic E-state index is 0.171. The number of amides is 3. The quantitative estimate of drug-likeness (QED) is 0.625. The molecule has 3 N–H and O–H groups in total. The Hall–Kier alpha value is -1.79. The van der Waals surface area contributed by atoms with Crippen LogP contribution in [0.25, 0.3) is 0 Å². The maximum Gasteiger partial charge on any atom is 0.329 e. The molecule has 7 heteroatoms. The number of rotatable bonds is 7. The summed E-state index contributed by atoms with van der Waals surface area (Å²) >= 11 is 0. The Morgan fingerprint density at radius 1 is 1.21 bits per heavy atom. The van der Waals surface area contributed by atoms with E-state index in [1.54, 1.807) is 13.8 Å². The highest BCUT2D eigenvalue weighted by molar-refractivity contribution is 5.86. The molecule has 110 valence electrons. The number of carboxylic acid groups (broad SMARTS) is 1. The molecule has 0 aliphatic heterocycles. The maximum absolute atomic E-state index is 11.9. The van der Waals surface area contributed by atoms with Crippen LogP contribution in [0.15, 0.2) is 0 Å². The van der Waals surface area contributed by atoms with Crippen molar-refractivity contribution in [3.05, 3.63) is 0 Å². The summed E-state index contributed by atoms with van der Waals surface area (Å²) in [6.07, 6.45) is 0.778. The minimum Gasteiger partial charge on any atom is -0.480 e. The van der Waals surface area contributed by atoms with Crippen LogP contribution in [-0.2, 0) is 9.59 Å². The van der Waals surface area contributed by atoms with E-state index in [1.165, 1.54) is 19.0 Å². The van der Waals surface area contributed by atoms with Gasteiger partial charge in [0.25, 0.3) is 0 Å². The summed E-state index contributed by atoms with van der Waals surface area (Å²) in [5.74, 6) is -1.22. The van der Waals surface area contributed by atoms with Crippen LogP contribution >= 0.6 is 0 Å². The minimum atomic E-state index is -1.25. The molecule has 0 saturated carbocycles. The number of urea groups is 1. The van der Waals surface area contributed by atoms with Gasteiger partial charge in [-0.1, -0.05) is 13.8 Å². The first-order chi connectivity index (χ1) is 8.82. The third-order valence-corrected chi connectivity index (χ3v) is 3.26. The largest absolute Gasteiger partial charge is 0.480 e. The first-order valence-electron chi connectivity index (χ1n) is 6.30. The molecule has 0 saturated heterocycles. The lowest BCUT2D eigenvalue weighted by Crippen LogP contribution is -2.56. The van der Waals surface area contributed by atoms with Gasteiger partial charge in [0.2, 0.25) is 5.91 Å². The standard InChI is InChI=1S/C12H23N3O4/c1-5-12(6-2,10(17)18)14-11(19)15(4)8-7-9(16)13-3/h5-8H2,1-4H3,(H,13,16)(H,14,19)(H,17,18). The van der Waals surface area contributed by atoms with Crippen LogP contribution in [-0.4, -0.2) is 54.1 Å². The van der Waals surface area contributed by atoms with E-state index in [-0.39, 0.29) is 18.9 Å². The van der Waals surface area contributed by atoms with Gasteiger partial charge in [-0.05, 0) is 12.8 Å². The second-order valence-corrected chi connectivity index (χ2v) is 4.37. The van der Waals surface area contributed by atoms with Gasteiger partial charge in [0.15, 0.2) is 0 Å². The van der Waals surface area contributed by atoms with Crippen LogP contribution in [0, 0.1) is 0 Å². The van der Waals surface area contributed by atoms with Crippen molar-refractivity contribution in [1.29, 1.82) is 0 Å². The number of hydrogen-bond donors (Lipinski definition) is 3. The van der Waals surface area contributed by atoms with E-state index < -0.39 is 17.5 Å². The number of nitrogens with one attached hydrogen (secondary N) is 2. The maximum atomic E-state index is 11.9.